The molecule has 0 aromatic carbocycles. The smallest absolute Gasteiger partial charge is 0.193 e. The molecule has 16 heavy (non-hydrogen) atoms. The van der Waals surface area contributed by atoms with E-state index in [1.807, 2.05) is 0 Å². The molecule has 2 rings (SSSR count). The van der Waals surface area contributed by atoms with Crippen LogP contribution in [0, 0.1) is 0 Å². The maximum atomic E-state index is 5.47. The zero-order valence-corrected chi connectivity index (χ0v) is 10.7. The second-order valence-electron chi connectivity index (χ2n) is 4.25. The molecular weight excluding hydrogens is 220 g/mol. The highest BCUT2D eigenvalue weighted by Crippen LogP contribution is 2.29. The normalized spacial score (nSPS) is 16.6. The van der Waals surface area contributed by atoms with Gasteiger partial charge in [0.15, 0.2) is 6.29 Å². The van der Waals surface area contributed by atoms with Crippen LogP contribution in [-0.2, 0) is 15.9 Å². The highest BCUT2D eigenvalue weighted by molar-refractivity contribution is 7.10. The van der Waals surface area contributed by atoms with Gasteiger partial charge in [0.05, 0.1) is 18.1 Å². The maximum Gasteiger partial charge on any atom is 0.193 e. The minimum absolute atomic E-state index is 0.109. The van der Waals surface area contributed by atoms with Gasteiger partial charge in [-0.25, -0.2) is 0 Å². The molecule has 0 atom stereocenters. The van der Waals surface area contributed by atoms with Gasteiger partial charge in [0.1, 0.15) is 0 Å². The summed E-state index contributed by atoms with van der Waals surface area (Å²) < 4.78 is 10.9. The molecule has 0 bridgehead atoms. The lowest BCUT2D eigenvalue weighted by Gasteiger charge is -2.04. The first kappa shape index (κ1) is 11.8. The first-order valence-corrected chi connectivity index (χ1v) is 6.57. The first-order valence-electron chi connectivity index (χ1n) is 5.69. The lowest BCUT2D eigenvalue weighted by molar-refractivity contribution is -0.0413. The van der Waals surface area contributed by atoms with Crippen molar-refractivity contribution in [2.75, 3.05) is 13.2 Å². The second-order valence-corrected chi connectivity index (χ2v) is 5.19. The lowest BCUT2D eigenvalue weighted by Crippen LogP contribution is -1.93. The summed E-state index contributed by atoms with van der Waals surface area (Å²) in [5.74, 6) is 0. The van der Waals surface area contributed by atoms with Gasteiger partial charge in [0, 0.05) is 0 Å². The minimum atomic E-state index is -0.109. The van der Waals surface area contributed by atoms with Gasteiger partial charge in [-0.3, -0.25) is 0 Å². The van der Waals surface area contributed by atoms with Crippen LogP contribution in [0.25, 0.3) is 0 Å². The molecule has 0 radical (unpaired) electrons. The standard InChI is InChI=1S/C13H18O2S/c1-10(2)4-3-5-11-8-12(16-9-11)13-14-6-7-15-13/h4,8-9,13H,3,5-7H2,1-2H3. The molecule has 0 aliphatic carbocycles. The average molecular weight is 238 g/mol. The van der Waals surface area contributed by atoms with Gasteiger partial charge in [-0.05, 0) is 43.7 Å². The van der Waals surface area contributed by atoms with E-state index in [2.05, 4.69) is 31.4 Å². The number of thiophene rings is 1. The van der Waals surface area contributed by atoms with Gasteiger partial charge in [-0.15, -0.1) is 11.3 Å². The Labute approximate surface area is 101 Å². The van der Waals surface area contributed by atoms with Crippen molar-refractivity contribution in [3.8, 4) is 0 Å². The van der Waals surface area contributed by atoms with Crippen LogP contribution in [-0.4, -0.2) is 13.2 Å². The molecule has 2 nitrogen and oxygen atoms in total. The van der Waals surface area contributed by atoms with Gasteiger partial charge < -0.3 is 9.47 Å². The molecule has 1 aliphatic heterocycles. The fourth-order valence-corrected chi connectivity index (χ4v) is 2.64. The van der Waals surface area contributed by atoms with Crippen molar-refractivity contribution in [2.24, 2.45) is 0 Å². The molecule has 1 fully saturated rings. The van der Waals surface area contributed by atoms with Gasteiger partial charge >= 0.3 is 0 Å². The molecule has 0 N–H and O–H groups in total. The van der Waals surface area contributed by atoms with Crippen LogP contribution in [0.3, 0.4) is 0 Å². The van der Waals surface area contributed by atoms with Crippen LogP contribution in [0.15, 0.2) is 23.1 Å². The fourth-order valence-electron chi connectivity index (χ4n) is 1.70. The summed E-state index contributed by atoms with van der Waals surface area (Å²) >= 11 is 1.73. The van der Waals surface area contributed by atoms with Crippen molar-refractivity contribution >= 4 is 11.3 Å². The predicted molar refractivity (Wildman–Crippen MR) is 66.7 cm³/mol. The summed E-state index contributed by atoms with van der Waals surface area (Å²) in [5, 5.41) is 2.21. The van der Waals surface area contributed by atoms with Crippen molar-refractivity contribution in [2.45, 2.75) is 33.0 Å². The van der Waals surface area contributed by atoms with E-state index in [1.54, 1.807) is 11.3 Å². The monoisotopic (exact) mass is 238 g/mol. The van der Waals surface area contributed by atoms with E-state index in [0.29, 0.717) is 0 Å². The summed E-state index contributed by atoms with van der Waals surface area (Å²) in [7, 11) is 0. The summed E-state index contributed by atoms with van der Waals surface area (Å²) in [5.41, 5.74) is 2.77. The van der Waals surface area contributed by atoms with Crippen LogP contribution < -0.4 is 0 Å². The largest absolute Gasteiger partial charge is 0.345 e. The van der Waals surface area contributed by atoms with E-state index in [9.17, 15) is 0 Å². The number of ether oxygens (including phenoxy) is 2. The zero-order valence-electron chi connectivity index (χ0n) is 9.86. The van der Waals surface area contributed by atoms with Crippen molar-refractivity contribution < 1.29 is 9.47 Å². The first-order chi connectivity index (χ1) is 7.75. The SMILES string of the molecule is CC(C)=CCCc1csc(C2OCCO2)c1. The van der Waals surface area contributed by atoms with E-state index in [-0.39, 0.29) is 6.29 Å². The molecule has 1 aromatic rings. The fraction of sp³-hybridized carbons (Fsp3) is 0.538. The Bertz CT molecular complexity index is 358. The van der Waals surface area contributed by atoms with Gasteiger partial charge in [0.2, 0.25) is 0 Å². The summed E-state index contributed by atoms with van der Waals surface area (Å²) in [6, 6.07) is 2.21. The molecule has 1 saturated heterocycles. The molecule has 0 amide bonds. The number of allylic oxidation sites excluding steroid dienone is 2. The van der Waals surface area contributed by atoms with E-state index < -0.39 is 0 Å². The van der Waals surface area contributed by atoms with Crippen LogP contribution >= 0.6 is 11.3 Å². The van der Waals surface area contributed by atoms with Crippen LogP contribution in [0.4, 0.5) is 0 Å². The number of rotatable bonds is 4. The summed E-state index contributed by atoms with van der Waals surface area (Å²) in [4.78, 5) is 1.20. The summed E-state index contributed by atoms with van der Waals surface area (Å²) in [6.45, 7) is 5.71. The Hall–Kier alpha value is -0.640. The van der Waals surface area contributed by atoms with E-state index in [0.717, 1.165) is 26.1 Å². The molecule has 0 saturated carbocycles. The maximum absolute atomic E-state index is 5.47. The van der Waals surface area contributed by atoms with Gasteiger partial charge in [-0.1, -0.05) is 11.6 Å². The summed E-state index contributed by atoms with van der Waals surface area (Å²) in [6.07, 6.45) is 4.39. The topological polar surface area (TPSA) is 18.5 Å². The molecule has 88 valence electrons. The third-order valence-corrected chi connectivity index (χ3v) is 3.52. The van der Waals surface area contributed by atoms with Crippen molar-refractivity contribution in [3.63, 3.8) is 0 Å². The Balaban J connectivity index is 1.89. The molecule has 1 aliphatic rings. The molecule has 1 aromatic heterocycles. The minimum Gasteiger partial charge on any atom is -0.345 e. The quantitative estimate of drug-likeness (QED) is 0.745. The van der Waals surface area contributed by atoms with Crippen LogP contribution in [0.2, 0.25) is 0 Å². The Morgan fingerprint density at radius 2 is 2.19 bits per heavy atom. The van der Waals surface area contributed by atoms with E-state index >= 15 is 0 Å². The number of hydrogen-bond acceptors (Lipinski definition) is 3. The van der Waals surface area contributed by atoms with Crippen LogP contribution in [0.1, 0.15) is 37.0 Å². The third-order valence-electron chi connectivity index (χ3n) is 2.51. The van der Waals surface area contributed by atoms with E-state index in [1.165, 1.54) is 16.0 Å². The van der Waals surface area contributed by atoms with Crippen molar-refractivity contribution in [1.82, 2.24) is 0 Å². The van der Waals surface area contributed by atoms with Crippen molar-refractivity contribution in [3.05, 3.63) is 33.5 Å². The molecule has 3 heteroatoms. The highest BCUT2D eigenvalue weighted by atomic mass is 32.1. The molecular formula is C13H18O2S. The van der Waals surface area contributed by atoms with Crippen molar-refractivity contribution in [1.29, 1.82) is 0 Å². The van der Waals surface area contributed by atoms with Crippen LogP contribution in [0.5, 0.6) is 0 Å². The zero-order chi connectivity index (χ0) is 11.4. The predicted octanol–water partition coefficient (Wildman–Crippen LogP) is 3.69. The molecule has 0 unspecified atom stereocenters. The average Bonchev–Trinajstić information content (AvgIpc) is 2.85. The number of aryl methyl sites for hydroxylation is 1. The third kappa shape index (κ3) is 3.17. The number of hydrogen-bond donors (Lipinski definition) is 0. The van der Waals surface area contributed by atoms with Gasteiger partial charge in [0.25, 0.3) is 0 Å². The Morgan fingerprint density at radius 3 is 2.88 bits per heavy atom. The lowest BCUT2D eigenvalue weighted by atomic mass is 10.1. The van der Waals surface area contributed by atoms with Gasteiger partial charge in [-0.2, -0.15) is 0 Å². The molecule has 2 heterocycles. The second kappa shape index (κ2) is 5.62. The van der Waals surface area contributed by atoms with E-state index in [4.69, 9.17) is 9.47 Å². The molecule has 0 spiro atoms. The Morgan fingerprint density at radius 1 is 1.44 bits per heavy atom. The highest BCUT2D eigenvalue weighted by Gasteiger charge is 2.19. The Kier molecular flexibility index (Phi) is 4.16.